The summed E-state index contributed by atoms with van der Waals surface area (Å²) in [5.74, 6) is -0.195. The van der Waals surface area contributed by atoms with Crippen molar-refractivity contribution in [3.8, 4) is 0 Å². The minimum absolute atomic E-state index is 0.00455. The van der Waals surface area contributed by atoms with Gasteiger partial charge in [0.2, 0.25) is 5.76 Å². The number of nitrogens with zero attached hydrogens (tertiary/aromatic N) is 1. The first-order valence-electron chi connectivity index (χ1n) is 6.72. The maximum absolute atomic E-state index is 11.9. The number of ether oxygens (including phenoxy) is 1. The van der Waals surface area contributed by atoms with Gasteiger partial charge in [-0.15, -0.1) is 0 Å². The van der Waals surface area contributed by atoms with E-state index in [0.717, 1.165) is 0 Å². The third kappa shape index (κ3) is 3.03. The molecular formula is C13H19NO5S. The van der Waals surface area contributed by atoms with Gasteiger partial charge in [0.1, 0.15) is 0 Å². The molecule has 0 amide bonds. The fourth-order valence-corrected chi connectivity index (χ4v) is 3.98. The molecule has 0 spiro atoms. The number of carbonyl (C=O) groups excluding carboxylic acids is 1. The van der Waals surface area contributed by atoms with Gasteiger partial charge >= 0.3 is 5.97 Å². The van der Waals surface area contributed by atoms with Crippen LogP contribution in [0, 0.1) is 0 Å². The lowest BCUT2D eigenvalue weighted by atomic mass is 10.1. The summed E-state index contributed by atoms with van der Waals surface area (Å²) in [6.45, 7) is 5.77. The predicted molar refractivity (Wildman–Crippen MR) is 72.6 cm³/mol. The summed E-state index contributed by atoms with van der Waals surface area (Å²) in [4.78, 5) is 16.2. The van der Waals surface area contributed by atoms with Gasteiger partial charge in [0.05, 0.1) is 29.7 Å². The zero-order valence-corrected chi connectivity index (χ0v) is 12.7. The molecule has 20 heavy (non-hydrogen) atoms. The van der Waals surface area contributed by atoms with Crippen LogP contribution in [0.2, 0.25) is 0 Å². The monoisotopic (exact) mass is 301 g/mol. The Morgan fingerprint density at radius 2 is 2.20 bits per heavy atom. The number of hydrogen-bond donors (Lipinski definition) is 0. The van der Waals surface area contributed by atoms with Crippen molar-refractivity contribution >= 4 is 15.8 Å². The van der Waals surface area contributed by atoms with Crippen LogP contribution in [0.15, 0.2) is 4.42 Å². The van der Waals surface area contributed by atoms with Gasteiger partial charge < -0.3 is 9.15 Å². The Hall–Kier alpha value is -1.37. The lowest BCUT2D eigenvalue weighted by Crippen LogP contribution is -2.07. The Morgan fingerprint density at radius 3 is 2.70 bits per heavy atom. The molecule has 1 aromatic rings. The van der Waals surface area contributed by atoms with Gasteiger partial charge in [-0.25, -0.2) is 18.2 Å². The summed E-state index contributed by atoms with van der Waals surface area (Å²) in [5.41, 5.74) is 0.530. The van der Waals surface area contributed by atoms with E-state index in [4.69, 9.17) is 9.15 Å². The first-order chi connectivity index (χ1) is 9.34. The Kier molecular flexibility index (Phi) is 4.17. The Morgan fingerprint density at radius 1 is 1.50 bits per heavy atom. The molecule has 0 bridgehead atoms. The van der Waals surface area contributed by atoms with Crippen molar-refractivity contribution in [1.29, 1.82) is 0 Å². The highest BCUT2D eigenvalue weighted by atomic mass is 32.2. The van der Waals surface area contributed by atoms with Crippen LogP contribution in [0.4, 0.5) is 0 Å². The molecule has 1 aliphatic rings. The molecule has 2 heterocycles. The number of oxazole rings is 1. The summed E-state index contributed by atoms with van der Waals surface area (Å²) < 4.78 is 33.5. The zero-order valence-electron chi connectivity index (χ0n) is 11.9. The molecule has 0 saturated carbocycles. The summed E-state index contributed by atoms with van der Waals surface area (Å²) in [7, 11) is -3.01. The quantitative estimate of drug-likeness (QED) is 0.789. The lowest BCUT2D eigenvalue weighted by Gasteiger charge is -2.02. The van der Waals surface area contributed by atoms with Crippen molar-refractivity contribution in [3.63, 3.8) is 0 Å². The standard InChI is InChI=1S/C13H19NO5S/c1-4-18-13(15)11-10(8(2)3)14-12(19-11)9-5-6-20(16,17)7-9/h8-9H,4-7H2,1-3H3. The number of esters is 1. The van der Waals surface area contributed by atoms with E-state index >= 15 is 0 Å². The Bertz CT molecular complexity index is 602. The number of rotatable bonds is 4. The van der Waals surface area contributed by atoms with Crippen LogP contribution < -0.4 is 0 Å². The van der Waals surface area contributed by atoms with Crippen molar-refractivity contribution in [2.24, 2.45) is 0 Å². The van der Waals surface area contributed by atoms with E-state index < -0.39 is 15.8 Å². The van der Waals surface area contributed by atoms with E-state index in [1.165, 1.54) is 0 Å². The van der Waals surface area contributed by atoms with Crippen LogP contribution in [0.3, 0.4) is 0 Å². The molecule has 7 heteroatoms. The number of aromatic nitrogens is 1. The molecule has 1 saturated heterocycles. The van der Waals surface area contributed by atoms with E-state index in [-0.39, 0.29) is 35.7 Å². The highest BCUT2D eigenvalue weighted by Gasteiger charge is 2.34. The fraction of sp³-hybridized carbons (Fsp3) is 0.692. The summed E-state index contributed by atoms with van der Waals surface area (Å²) in [5, 5.41) is 0. The topological polar surface area (TPSA) is 86.5 Å². The smallest absolute Gasteiger partial charge is 0.376 e. The Balaban J connectivity index is 2.32. The largest absolute Gasteiger partial charge is 0.460 e. The first-order valence-corrected chi connectivity index (χ1v) is 8.54. The Labute approximate surface area is 118 Å². The third-order valence-electron chi connectivity index (χ3n) is 3.26. The molecule has 0 N–H and O–H groups in total. The molecular weight excluding hydrogens is 282 g/mol. The van der Waals surface area contributed by atoms with E-state index in [9.17, 15) is 13.2 Å². The van der Waals surface area contributed by atoms with Crippen LogP contribution in [0.25, 0.3) is 0 Å². The second-order valence-corrected chi connectivity index (χ2v) is 7.47. The average molecular weight is 301 g/mol. The highest BCUT2D eigenvalue weighted by molar-refractivity contribution is 7.91. The maximum atomic E-state index is 11.9. The highest BCUT2D eigenvalue weighted by Crippen LogP contribution is 2.31. The van der Waals surface area contributed by atoms with Gasteiger partial charge in [-0.2, -0.15) is 0 Å². The van der Waals surface area contributed by atoms with E-state index in [1.54, 1.807) is 6.92 Å². The lowest BCUT2D eigenvalue weighted by molar-refractivity contribution is 0.0485. The number of carbonyl (C=O) groups is 1. The molecule has 0 aromatic carbocycles. The first kappa shape index (κ1) is 15.0. The second kappa shape index (κ2) is 5.55. The second-order valence-electron chi connectivity index (χ2n) is 5.24. The fourth-order valence-electron chi connectivity index (χ4n) is 2.25. The van der Waals surface area contributed by atoms with Crippen LogP contribution in [0.5, 0.6) is 0 Å². The van der Waals surface area contributed by atoms with Crippen molar-refractivity contribution in [1.82, 2.24) is 4.98 Å². The number of sulfone groups is 1. The molecule has 0 aliphatic carbocycles. The van der Waals surface area contributed by atoms with Gasteiger partial charge in [0.15, 0.2) is 15.7 Å². The van der Waals surface area contributed by atoms with Gasteiger partial charge in [0.25, 0.3) is 0 Å². The van der Waals surface area contributed by atoms with E-state index in [2.05, 4.69) is 4.98 Å². The van der Waals surface area contributed by atoms with E-state index in [1.807, 2.05) is 13.8 Å². The molecule has 1 atom stereocenters. The summed E-state index contributed by atoms with van der Waals surface area (Å²) >= 11 is 0. The zero-order chi connectivity index (χ0) is 14.9. The molecule has 0 radical (unpaired) electrons. The summed E-state index contributed by atoms with van der Waals surface area (Å²) in [6, 6.07) is 0. The van der Waals surface area contributed by atoms with Crippen LogP contribution in [-0.4, -0.2) is 37.5 Å². The SMILES string of the molecule is CCOC(=O)c1oc(C2CCS(=O)(=O)C2)nc1C(C)C. The van der Waals surface area contributed by atoms with Crippen molar-refractivity contribution in [2.75, 3.05) is 18.1 Å². The molecule has 6 nitrogen and oxygen atoms in total. The molecule has 1 fully saturated rings. The minimum atomic E-state index is -3.01. The van der Waals surface area contributed by atoms with Crippen LogP contribution in [0.1, 0.15) is 61.2 Å². The molecule has 1 unspecified atom stereocenters. The number of hydrogen-bond acceptors (Lipinski definition) is 6. The third-order valence-corrected chi connectivity index (χ3v) is 5.03. The minimum Gasteiger partial charge on any atom is -0.460 e. The van der Waals surface area contributed by atoms with Gasteiger partial charge in [-0.3, -0.25) is 0 Å². The van der Waals surface area contributed by atoms with Crippen molar-refractivity contribution < 1.29 is 22.4 Å². The molecule has 112 valence electrons. The van der Waals surface area contributed by atoms with Crippen LogP contribution in [-0.2, 0) is 14.6 Å². The van der Waals surface area contributed by atoms with Gasteiger partial charge in [-0.1, -0.05) is 13.8 Å². The van der Waals surface area contributed by atoms with Gasteiger partial charge in [-0.05, 0) is 19.3 Å². The van der Waals surface area contributed by atoms with Crippen molar-refractivity contribution in [3.05, 3.63) is 17.3 Å². The molecule has 1 aromatic heterocycles. The van der Waals surface area contributed by atoms with Gasteiger partial charge in [0, 0.05) is 0 Å². The average Bonchev–Trinajstić information content (AvgIpc) is 2.92. The van der Waals surface area contributed by atoms with Crippen LogP contribution >= 0.6 is 0 Å². The molecule has 2 rings (SSSR count). The van der Waals surface area contributed by atoms with Crippen molar-refractivity contribution in [2.45, 2.75) is 39.0 Å². The van der Waals surface area contributed by atoms with E-state index in [0.29, 0.717) is 18.0 Å². The normalized spacial score (nSPS) is 21.3. The summed E-state index contributed by atoms with van der Waals surface area (Å²) in [6.07, 6.45) is 0.489. The predicted octanol–water partition coefficient (Wildman–Crippen LogP) is 1.88. The maximum Gasteiger partial charge on any atom is 0.376 e. The molecule has 1 aliphatic heterocycles.